The van der Waals surface area contributed by atoms with Gasteiger partial charge in [0.15, 0.2) is 0 Å². The van der Waals surface area contributed by atoms with Crippen molar-refractivity contribution in [3.05, 3.63) is 35.4 Å². The fourth-order valence-electron chi connectivity index (χ4n) is 2.12. The van der Waals surface area contributed by atoms with Crippen LogP contribution < -0.4 is 5.32 Å². The number of rotatable bonds is 4. The van der Waals surface area contributed by atoms with Gasteiger partial charge in [-0.25, -0.2) is 9.59 Å². The minimum Gasteiger partial charge on any atom is -0.478 e. The van der Waals surface area contributed by atoms with Crippen molar-refractivity contribution in [2.75, 3.05) is 20.3 Å². The quantitative estimate of drug-likeness (QED) is 0.741. The van der Waals surface area contributed by atoms with Crippen LogP contribution in [0.1, 0.15) is 15.9 Å². The van der Waals surface area contributed by atoms with Crippen LogP contribution in [0, 0.1) is 0 Å². The second kappa shape index (κ2) is 6.55. The first-order chi connectivity index (χ1) is 9.99. The molecule has 1 aromatic carbocycles. The predicted molar refractivity (Wildman–Crippen MR) is 74.0 cm³/mol. The Kier molecular flexibility index (Phi) is 4.77. The SMILES string of the molecule is CN(C(=O)NCc1ccc(C(=O)O)cc1)[C@@H]1COC[C@H]1O. The van der Waals surface area contributed by atoms with E-state index in [0.717, 1.165) is 5.56 Å². The third kappa shape index (κ3) is 3.71. The van der Waals surface area contributed by atoms with Crippen LogP contribution in [0.5, 0.6) is 0 Å². The van der Waals surface area contributed by atoms with Crippen molar-refractivity contribution in [1.29, 1.82) is 0 Å². The summed E-state index contributed by atoms with van der Waals surface area (Å²) in [6, 6.07) is 5.62. The summed E-state index contributed by atoms with van der Waals surface area (Å²) in [6.07, 6.45) is -0.671. The third-order valence-electron chi connectivity index (χ3n) is 3.48. The molecule has 3 N–H and O–H groups in total. The highest BCUT2D eigenvalue weighted by Gasteiger charge is 2.32. The minimum absolute atomic E-state index is 0.202. The molecule has 0 unspecified atom stereocenters. The molecule has 0 aromatic heterocycles. The number of carboxylic acids is 1. The molecule has 0 aliphatic carbocycles. The number of carbonyl (C=O) groups excluding carboxylic acids is 1. The van der Waals surface area contributed by atoms with Crippen LogP contribution in [0.3, 0.4) is 0 Å². The molecule has 21 heavy (non-hydrogen) atoms. The van der Waals surface area contributed by atoms with Gasteiger partial charge in [-0.3, -0.25) is 0 Å². The van der Waals surface area contributed by atoms with Gasteiger partial charge in [-0.2, -0.15) is 0 Å². The first-order valence-electron chi connectivity index (χ1n) is 6.57. The van der Waals surface area contributed by atoms with Crippen molar-refractivity contribution in [3.8, 4) is 0 Å². The first kappa shape index (κ1) is 15.3. The molecule has 7 nitrogen and oxygen atoms in total. The zero-order valence-electron chi connectivity index (χ0n) is 11.7. The maximum atomic E-state index is 12.0. The molecular weight excluding hydrogens is 276 g/mol. The number of aliphatic hydroxyl groups excluding tert-OH is 1. The molecule has 7 heteroatoms. The van der Waals surface area contributed by atoms with Crippen molar-refractivity contribution < 1.29 is 24.5 Å². The molecule has 2 rings (SSSR count). The van der Waals surface area contributed by atoms with Crippen LogP contribution in [0.2, 0.25) is 0 Å². The lowest BCUT2D eigenvalue weighted by molar-refractivity contribution is 0.0697. The number of aliphatic hydroxyl groups is 1. The van der Waals surface area contributed by atoms with Gasteiger partial charge < -0.3 is 25.2 Å². The number of nitrogens with one attached hydrogen (secondary N) is 1. The Morgan fingerprint density at radius 2 is 2.00 bits per heavy atom. The largest absolute Gasteiger partial charge is 0.478 e. The Hall–Kier alpha value is -2.12. The molecule has 1 heterocycles. The monoisotopic (exact) mass is 294 g/mol. The average molecular weight is 294 g/mol. The number of aromatic carboxylic acids is 1. The summed E-state index contributed by atoms with van der Waals surface area (Å²) in [7, 11) is 1.60. The average Bonchev–Trinajstić information content (AvgIpc) is 2.90. The Bertz CT molecular complexity index is 517. The number of nitrogens with zero attached hydrogens (tertiary/aromatic N) is 1. The van der Waals surface area contributed by atoms with E-state index in [4.69, 9.17) is 9.84 Å². The molecule has 1 aliphatic heterocycles. The number of hydrogen-bond donors (Lipinski definition) is 3. The summed E-state index contributed by atoms with van der Waals surface area (Å²) in [6.45, 7) is 0.837. The molecule has 0 radical (unpaired) electrons. The van der Waals surface area contributed by atoms with E-state index in [-0.39, 0.29) is 30.8 Å². The van der Waals surface area contributed by atoms with E-state index in [1.807, 2.05) is 0 Å². The van der Waals surface area contributed by atoms with E-state index >= 15 is 0 Å². The summed E-state index contributed by atoms with van der Waals surface area (Å²) in [4.78, 5) is 24.1. The Morgan fingerprint density at radius 3 is 2.52 bits per heavy atom. The lowest BCUT2D eigenvalue weighted by Gasteiger charge is -2.25. The number of hydrogen-bond acceptors (Lipinski definition) is 4. The number of carbonyl (C=O) groups is 2. The highest BCUT2D eigenvalue weighted by Crippen LogP contribution is 2.12. The number of urea groups is 1. The summed E-state index contributed by atoms with van der Waals surface area (Å²) >= 11 is 0. The van der Waals surface area contributed by atoms with Crippen molar-refractivity contribution in [1.82, 2.24) is 10.2 Å². The summed E-state index contributed by atoms with van der Waals surface area (Å²) in [5.74, 6) is -0.986. The maximum Gasteiger partial charge on any atom is 0.335 e. The predicted octanol–water partition coefficient (Wildman–Crippen LogP) is 0.286. The number of carboxylic acid groups (broad SMARTS) is 1. The lowest BCUT2D eigenvalue weighted by atomic mass is 10.1. The van der Waals surface area contributed by atoms with Crippen molar-refractivity contribution in [2.45, 2.75) is 18.7 Å². The zero-order valence-corrected chi connectivity index (χ0v) is 11.7. The highest BCUT2D eigenvalue weighted by molar-refractivity contribution is 5.87. The zero-order chi connectivity index (χ0) is 15.4. The molecule has 1 saturated heterocycles. The fraction of sp³-hybridized carbons (Fsp3) is 0.429. The van der Waals surface area contributed by atoms with Gasteiger partial charge in [0, 0.05) is 13.6 Å². The van der Waals surface area contributed by atoms with Crippen LogP contribution >= 0.6 is 0 Å². The Morgan fingerprint density at radius 1 is 1.33 bits per heavy atom. The Labute approximate surface area is 122 Å². The minimum atomic E-state index is -0.986. The highest BCUT2D eigenvalue weighted by atomic mass is 16.5. The van der Waals surface area contributed by atoms with E-state index in [9.17, 15) is 14.7 Å². The van der Waals surface area contributed by atoms with Gasteiger partial charge in [0.25, 0.3) is 0 Å². The van der Waals surface area contributed by atoms with Crippen LogP contribution in [-0.4, -0.2) is 59.5 Å². The topological polar surface area (TPSA) is 99.1 Å². The number of likely N-dealkylation sites (N-methyl/N-ethyl adjacent to an activating group) is 1. The molecule has 1 fully saturated rings. The van der Waals surface area contributed by atoms with Crippen LogP contribution in [0.15, 0.2) is 24.3 Å². The van der Waals surface area contributed by atoms with Gasteiger partial charge in [-0.1, -0.05) is 12.1 Å². The van der Waals surface area contributed by atoms with Gasteiger partial charge in [0.1, 0.15) is 0 Å². The van der Waals surface area contributed by atoms with Crippen molar-refractivity contribution >= 4 is 12.0 Å². The maximum absolute atomic E-state index is 12.0. The fourth-order valence-corrected chi connectivity index (χ4v) is 2.12. The van der Waals surface area contributed by atoms with E-state index in [0.29, 0.717) is 6.61 Å². The summed E-state index contributed by atoms with van der Waals surface area (Å²) in [5.41, 5.74) is 0.999. The van der Waals surface area contributed by atoms with E-state index in [2.05, 4.69) is 5.32 Å². The molecular formula is C14H18N2O5. The lowest BCUT2D eigenvalue weighted by Crippen LogP contribution is -2.48. The summed E-state index contributed by atoms with van der Waals surface area (Å²) in [5, 5.41) is 21.2. The van der Waals surface area contributed by atoms with Gasteiger partial charge in [0.2, 0.25) is 0 Å². The van der Waals surface area contributed by atoms with E-state index in [1.165, 1.54) is 17.0 Å². The molecule has 0 bridgehead atoms. The van der Waals surface area contributed by atoms with Gasteiger partial charge in [-0.05, 0) is 17.7 Å². The number of benzene rings is 1. The second-order valence-electron chi connectivity index (χ2n) is 4.94. The van der Waals surface area contributed by atoms with Crippen molar-refractivity contribution in [3.63, 3.8) is 0 Å². The number of amides is 2. The molecule has 1 aliphatic rings. The van der Waals surface area contributed by atoms with Gasteiger partial charge in [0.05, 0.1) is 30.9 Å². The summed E-state index contributed by atoms with van der Waals surface area (Å²) < 4.78 is 5.11. The van der Waals surface area contributed by atoms with Crippen LogP contribution in [-0.2, 0) is 11.3 Å². The molecule has 1 aromatic rings. The van der Waals surface area contributed by atoms with E-state index < -0.39 is 12.1 Å². The standard InChI is InChI=1S/C14H18N2O5/c1-16(11-7-21-8-12(11)17)14(20)15-6-9-2-4-10(5-3-9)13(18)19/h2-5,11-12,17H,6-8H2,1H3,(H,15,20)(H,18,19)/t11-,12-/m1/s1. The van der Waals surface area contributed by atoms with Crippen molar-refractivity contribution in [2.24, 2.45) is 0 Å². The molecule has 2 atom stereocenters. The Balaban J connectivity index is 1.87. The van der Waals surface area contributed by atoms with Crippen LogP contribution in [0.25, 0.3) is 0 Å². The van der Waals surface area contributed by atoms with E-state index in [1.54, 1.807) is 19.2 Å². The van der Waals surface area contributed by atoms with Gasteiger partial charge >= 0.3 is 12.0 Å². The van der Waals surface area contributed by atoms with Gasteiger partial charge in [-0.15, -0.1) is 0 Å². The molecule has 2 amide bonds. The smallest absolute Gasteiger partial charge is 0.335 e. The van der Waals surface area contributed by atoms with Crippen LogP contribution in [0.4, 0.5) is 4.79 Å². The molecule has 0 spiro atoms. The first-order valence-corrected chi connectivity index (χ1v) is 6.57. The molecule has 0 saturated carbocycles. The number of ether oxygens (including phenoxy) is 1. The third-order valence-corrected chi connectivity index (χ3v) is 3.48. The normalized spacial score (nSPS) is 21.0. The molecule has 114 valence electrons. The second-order valence-corrected chi connectivity index (χ2v) is 4.94.